The molecule has 4 rings (SSSR count). The van der Waals surface area contributed by atoms with E-state index in [0.29, 0.717) is 38.5 Å². The molecular formula is C24H30N6O4S. The lowest BCUT2D eigenvalue weighted by atomic mass is 9.98. The van der Waals surface area contributed by atoms with E-state index >= 15 is 0 Å². The number of hydrogen-bond donors (Lipinski definition) is 2. The quantitative estimate of drug-likeness (QED) is 0.436. The van der Waals surface area contributed by atoms with Gasteiger partial charge in [-0.15, -0.1) is 0 Å². The maximum atomic E-state index is 13.2. The number of benzene rings is 1. The van der Waals surface area contributed by atoms with Crippen LogP contribution in [0.3, 0.4) is 0 Å². The van der Waals surface area contributed by atoms with Crippen LogP contribution >= 0.6 is 0 Å². The Bertz CT molecular complexity index is 1200. The number of sulfonamides is 1. The van der Waals surface area contributed by atoms with E-state index in [1.807, 2.05) is 31.1 Å². The van der Waals surface area contributed by atoms with Gasteiger partial charge in [-0.25, -0.2) is 23.9 Å². The lowest BCUT2D eigenvalue weighted by Crippen LogP contribution is -2.51. The topological polar surface area (TPSA) is 119 Å². The highest BCUT2D eigenvalue weighted by molar-refractivity contribution is 7.89. The van der Waals surface area contributed by atoms with Gasteiger partial charge >= 0.3 is 0 Å². The first-order valence-electron chi connectivity index (χ1n) is 11.4. The molecule has 186 valence electrons. The third-order valence-corrected chi connectivity index (χ3v) is 8.31. The molecule has 1 unspecified atom stereocenters. The van der Waals surface area contributed by atoms with Crippen LogP contribution in [0.4, 0.5) is 5.95 Å². The number of aromatic nitrogens is 2. The fraction of sp³-hybridized carbons (Fsp3) is 0.375. The monoisotopic (exact) mass is 498 g/mol. The van der Waals surface area contributed by atoms with E-state index in [1.165, 1.54) is 27.7 Å². The summed E-state index contributed by atoms with van der Waals surface area (Å²) in [5.41, 5.74) is 5.02. The number of hydrogen-bond acceptors (Lipinski definition) is 8. The molecule has 1 saturated heterocycles. The van der Waals surface area contributed by atoms with Crippen LogP contribution in [0.25, 0.3) is 5.57 Å². The largest absolute Gasteiger partial charge is 0.338 e. The molecule has 1 amide bonds. The predicted molar refractivity (Wildman–Crippen MR) is 133 cm³/mol. The molecule has 10 nitrogen and oxygen atoms in total. The molecule has 0 radical (unpaired) electrons. The first kappa shape index (κ1) is 25.0. The molecule has 2 N–H and O–H groups in total. The molecule has 2 aromatic rings. The van der Waals surface area contributed by atoms with Crippen molar-refractivity contribution in [2.24, 2.45) is 0 Å². The number of carbonyl (C=O) groups is 1. The molecule has 1 atom stereocenters. The summed E-state index contributed by atoms with van der Waals surface area (Å²) < 4.78 is 28.0. The Morgan fingerprint density at radius 2 is 1.77 bits per heavy atom. The molecule has 2 heterocycles. The van der Waals surface area contributed by atoms with Crippen LogP contribution in [0.1, 0.15) is 27.9 Å². The second-order valence-electron chi connectivity index (χ2n) is 8.87. The van der Waals surface area contributed by atoms with Crippen LogP contribution in [0.5, 0.6) is 0 Å². The first-order chi connectivity index (χ1) is 16.8. The number of nitrogens with one attached hydrogen (secondary N) is 1. The third kappa shape index (κ3) is 5.76. The molecule has 1 fully saturated rings. The minimum Gasteiger partial charge on any atom is -0.338 e. The lowest BCUT2D eigenvalue weighted by Gasteiger charge is -2.35. The van der Waals surface area contributed by atoms with Gasteiger partial charge in [0.25, 0.3) is 5.91 Å². The number of rotatable bonds is 7. The Hall–Kier alpha value is -3.12. The van der Waals surface area contributed by atoms with Gasteiger partial charge in [0.1, 0.15) is 0 Å². The molecule has 2 aliphatic rings. The molecule has 0 saturated carbocycles. The maximum Gasteiger partial charge on any atom is 0.277 e. The van der Waals surface area contributed by atoms with Crippen LogP contribution in [-0.4, -0.2) is 84.2 Å². The molecule has 11 heteroatoms. The van der Waals surface area contributed by atoms with Gasteiger partial charge < -0.3 is 9.80 Å². The van der Waals surface area contributed by atoms with Crippen molar-refractivity contribution in [3.05, 3.63) is 71.6 Å². The summed E-state index contributed by atoms with van der Waals surface area (Å²) in [6.07, 6.45) is 8.77. The number of carbonyl (C=O) groups excluding carboxylic acids is 1. The van der Waals surface area contributed by atoms with E-state index in [2.05, 4.69) is 39.1 Å². The van der Waals surface area contributed by atoms with Crippen molar-refractivity contribution in [1.82, 2.24) is 24.7 Å². The Balaban J connectivity index is 1.34. The van der Waals surface area contributed by atoms with Crippen LogP contribution in [0, 0.1) is 0 Å². The number of hydroxylamine groups is 1. The molecule has 1 aromatic heterocycles. The number of piperazine rings is 1. The Morgan fingerprint density at radius 3 is 2.31 bits per heavy atom. The second-order valence-corrected chi connectivity index (χ2v) is 11.0. The summed E-state index contributed by atoms with van der Waals surface area (Å²) in [6.45, 7) is 2.43. The van der Waals surface area contributed by atoms with E-state index in [4.69, 9.17) is 5.21 Å². The van der Waals surface area contributed by atoms with Crippen LogP contribution in [-0.2, 0) is 16.6 Å². The summed E-state index contributed by atoms with van der Waals surface area (Å²) in [5, 5.41) is 8.10. The van der Waals surface area contributed by atoms with Crippen molar-refractivity contribution >= 4 is 27.5 Å². The summed E-state index contributed by atoms with van der Waals surface area (Å²) in [6, 6.07) is 8.36. The van der Waals surface area contributed by atoms with E-state index in [9.17, 15) is 13.2 Å². The fourth-order valence-electron chi connectivity index (χ4n) is 4.20. The highest BCUT2D eigenvalue weighted by atomic mass is 32.2. The molecule has 1 aliphatic heterocycles. The normalized spacial score (nSPS) is 19.0. The number of allylic oxidation sites excluding steroid dienone is 3. The van der Waals surface area contributed by atoms with Crippen molar-refractivity contribution in [3.63, 3.8) is 0 Å². The minimum atomic E-state index is -3.49. The highest BCUT2D eigenvalue weighted by Crippen LogP contribution is 2.27. The number of nitrogens with zero attached hydrogens (tertiary/aromatic N) is 5. The highest BCUT2D eigenvalue weighted by Gasteiger charge is 2.33. The van der Waals surface area contributed by atoms with E-state index < -0.39 is 21.2 Å². The van der Waals surface area contributed by atoms with Crippen LogP contribution in [0.2, 0.25) is 0 Å². The predicted octanol–water partition coefficient (Wildman–Crippen LogP) is 1.52. The van der Waals surface area contributed by atoms with Crippen molar-refractivity contribution in [2.75, 3.05) is 45.2 Å². The summed E-state index contributed by atoms with van der Waals surface area (Å²) in [5.74, 6) is -0.273. The van der Waals surface area contributed by atoms with Gasteiger partial charge in [0.15, 0.2) is 0 Å². The average molecular weight is 499 g/mol. The van der Waals surface area contributed by atoms with Crippen LogP contribution in [0.15, 0.2) is 54.9 Å². The lowest BCUT2D eigenvalue weighted by molar-refractivity contribution is 0.0705. The summed E-state index contributed by atoms with van der Waals surface area (Å²) in [4.78, 5) is 23.7. The van der Waals surface area contributed by atoms with Gasteiger partial charge in [-0.1, -0.05) is 42.5 Å². The zero-order chi connectivity index (χ0) is 25.0. The molecule has 1 aliphatic carbocycles. The molecule has 0 bridgehead atoms. The standard InChI is InChI=1S/C24H30N6O4S/c1-28(2)17-18-3-5-19(6-4-18)20-7-9-22(10-8-20)35(33,34)30-13-11-29(12-14-30)24-25-15-21(16-26-24)23(31)27-32/h3-9,15-16,22,32H,10-14,17H2,1-2H3,(H,27,31). The fourth-order valence-corrected chi connectivity index (χ4v) is 5.88. The van der Waals surface area contributed by atoms with Gasteiger partial charge in [-0.2, -0.15) is 4.31 Å². The van der Waals surface area contributed by atoms with Crippen molar-refractivity contribution < 1.29 is 18.4 Å². The van der Waals surface area contributed by atoms with Crippen molar-refractivity contribution in [3.8, 4) is 0 Å². The average Bonchev–Trinajstić information content (AvgIpc) is 2.88. The maximum absolute atomic E-state index is 13.2. The molecule has 35 heavy (non-hydrogen) atoms. The Labute approximate surface area is 205 Å². The summed E-state index contributed by atoms with van der Waals surface area (Å²) in [7, 11) is 0.579. The zero-order valence-corrected chi connectivity index (χ0v) is 20.6. The first-order valence-corrected chi connectivity index (χ1v) is 12.9. The summed E-state index contributed by atoms with van der Waals surface area (Å²) >= 11 is 0. The van der Waals surface area contributed by atoms with Gasteiger partial charge in [-0.05, 0) is 37.2 Å². The zero-order valence-electron chi connectivity index (χ0n) is 19.8. The van der Waals surface area contributed by atoms with Crippen molar-refractivity contribution in [2.45, 2.75) is 18.2 Å². The smallest absolute Gasteiger partial charge is 0.277 e. The number of amides is 1. The van der Waals surface area contributed by atoms with E-state index in [1.54, 1.807) is 6.08 Å². The third-order valence-electron chi connectivity index (χ3n) is 6.11. The van der Waals surface area contributed by atoms with Crippen molar-refractivity contribution in [1.29, 1.82) is 0 Å². The Morgan fingerprint density at radius 1 is 1.11 bits per heavy atom. The van der Waals surface area contributed by atoms with Gasteiger partial charge in [0.2, 0.25) is 16.0 Å². The molecule has 1 aromatic carbocycles. The minimum absolute atomic E-state index is 0.137. The second kappa shape index (κ2) is 10.6. The van der Waals surface area contributed by atoms with Crippen LogP contribution < -0.4 is 10.4 Å². The van der Waals surface area contributed by atoms with Gasteiger partial charge in [0.05, 0.1) is 10.8 Å². The van der Waals surface area contributed by atoms with E-state index in [0.717, 1.165) is 17.7 Å². The molecular weight excluding hydrogens is 468 g/mol. The number of anilines is 1. The van der Waals surface area contributed by atoms with Gasteiger partial charge in [-0.3, -0.25) is 10.0 Å². The SMILES string of the molecule is CN(C)Cc1ccc(C2=CCC(S(=O)(=O)N3CCN(c4ncc(C(=O)NO)cn4)CC3)C=C2)cc1. The van der Waals surface area contributed by atoms with E-state index in [-0.39, 0.29) is 5.56 Å². The molecule has 0 spiro atoms. The Kier molecular flexibility index (Phi) is 7.60. The van der Waals surface area contributed by atoms with Gasteiger partial charge in [0, 0.05) is 45.1 Å².